The largest absolute Gasteiger partial charge is 0.247 e. The molecule has 2 heteroatoms. The summed E-state index contributed by atoms with van der Waals surface area (Å²) < 4.78 is 1.06. The van der Waals surface area contributed by atoms with Gasteiger partial charge in [0.05, 0.1) is 11.4 Å². The quantitative estimate of drug-likeness (QED) is 0.261. The summed E-state index contributed by atoms with van der Waals surface area (Å²) in [5.74, 6) is 0. The van der Waals surface area contributed by atoms with E-state index in [2.05, 4.69) is 131 Å². The van der Waals surface area contributed by atoms with E-state index in [-0.39, 0.29) is 0 Å². The SMILES string of the molecule is Brc1ccc(-c2cc(-c3ccccc3)c(-c3ccccc3)c(-c3ccccc3)n2)cc1. The van der Waals surface area contributed by atoms with Gasteiger partial charge in [-0.2, -0.15) is 0 Å². The summed E-state index contributed by atoms with van der Waals surface area (Å²) in [6, 6.07) is 42.1. The summed E-state index contributed by atoms with van der Waals surface area (Å²) in [6.45, 7) is 0. The van der Waals surface area contributed by atoms with E-state index >= 15 is 0 Å². The van der Waals surface area contributed by atoms with Crippen molar-refractivity contribution in [1.29, 1.82) is 0 Å². The van der Waals surface area contributed by atoms with Crippen LogP contribution in [0.1, 0.15) is 0 Å². The lowest BCUT2D eigenvalue weighted by Crippen LogP contribution is -1.97. The fourth-order valence-electron chi connectivity index (χ4n) is 3.86. The Labute approximate surface area is 191 Å². The molecule has 0 aliphatic rings. The van der Waals surface area contributed by atoms with E-state index < -0.39 is 0 Å². The molecule has 0 saturated heterocycles. The molecule has 0 bridgehead atoms. The molecular formula is C29H20BrN. The van der Waals surface area contributed by atoms with Gasteiger partial charge in [0.1, 0.15) is 0 Å². The van der Waals surface area contributed by atoms with Crippen LogP contribution in [0.4, 0.5) is 0 Å². The Bertz CT molecular complexity index is 1240. The van der Waals surface area contributed by atoms with Gasteiger partial charge < -0.3 is 0 Å². The van der Waals surface area contributed by atoms with Crippen molar-refractivity contribution in [2.45, 2.75) is 0 Å². The number of nitrogens with zero attached hydrogens (tertiary/aromatic N) is 1. The maximum absolute atomic E-state index is 5.19. The number of pyridine rings is 1. The van der Waals surface area contributed by atoms with E-state index in [0.29, 0.717) is 0 Å². The summed E-state index contributed by atoms with van der Waals surface area (Å²) >= 11 is 3.54. The Balaban J connectivity index is 1.86. The van der Waals surface area contributed by atoms with Crippen LogP contribution in [-0.4, -0.2) is 4.98 Å². The highest BCUT2D eigenvalue weighted by atomic mass is 79.9. The molecule has 4 aromatic carbocycles. The zero-order valence-electron chi connectivity index (χ0n) is 16.9. The van der Waals surface area contributed by atoms with Gasteiger partial charge in [0.25, 0.3) is 0 Å². The Hall–Kier alpha value is -3.49. The highest BCUT2D eigenvalue weighted by Gasteiger charge is 2.18. The number of benzene rings is 4. The molecule has 0 aliphatic carbocycles. The van der Waals surface area contributed by atoms with Crippen molar-refractivity contribution in [3.05, 3.63) is 126 Å². The van der Waals surface area contributed by atoms with Crippen molar-refractivity contribution < 1.29 is 0 Å². The van der Waals surface area contributed by atoms with Crippen LogP contribution in [0, 0.1) is 0 Å². The number of hydrogen-bond donors (Lipinski definition) is 0. The number of halogens is 1. The zero-order chi connectivity index (χ0) is 21.0. The van der Waals surface area contributed by atoms with Crippen molar-refractivity contribution in [3.63, 3.8) is 0 Å². The molecule has 148 valence electrons. The van der Waals surface area contributed by atoms with Crippen molar-refractivity contribution in [3.8, 4) is 44.8 Å². The lowest BCUT2D eigenvalue weighted by atomic mass is 9.89. The van der Waals surface area contributed by atoms with Crippen LogP contribution in [-0.2, 0) is 0 Å². The smallest absolute Gasteiger partial charge is 0.0794 e. The van der Waals surface area contributed by atoms with Gasteiger partial charge in [-0.05, 0) is 34.9 Å². The fourth-order valence-corrected chi connectivity index (χ4v) is 4.13. The van der Waals surface area contributed by atoms with Crippen LogP contribution in [0.5, 0.6) is 0 Å². The minimum Gasteiger partial charge on any atom is -0.247 e. The second-order valence-electron chi connectivity index (χ2n) is 7.38. The van der Waals surface area contributed by atoms with Gasteiger partial charge in [-0.3, -0.25) is 0 Å². The average molecular weight is 462 g/mol. The number of aromatic nitrogens is 1. The highest BCUT2D eigenvalue weighted by molar-refractivity contribution is 9.10. The normalized spacial score (nSPS) is 10.7. The van der Waals surface area contributed by atoms with E-state index in [1.807, 2.05) is 6.07 Å². The van der Waals surface area contributed by atoms with Crippen LogP contribution < -0.4 is 0 Å². The molecule has 0 radical (unpaired) electrons. The number of hydrogen-bond acceptors (Lipinski definition) is 1. The Morgan fingerprint density at radius 1 is 0.484 bits per heavy atom. The molecule has 31 heavy (non-hydrogen) atoms. The van der Waals surface area contributed by atoms with E-state index in [1.165, 1.54) is 11.1 Å². The van der Waals surface area contributed by atoms with Crippen LogP contribution in [0.3, 0.4) is 0 Å². The minimum absolute atomic E-state index is 0.963. The first-order chi connectivity index (χ1) is 15.3. The molecule has 0 fully saturated rings. The minimum atomic E-state index is 0.963. The Morgan fingerprint density at radius 3 is 1.58 bits per heavy atom. The maximum Gasteiger partial charge on any atom is 0.0794 e. The van der Waals surface area contributed by atoms with Crippen molar-refractivity contribution in [2.75, 3.05) is 0 Å². The van der Waals surface area contributed by atoms with Crippen LogP contribution >= 0.6 is 15.9 Å². The molecule has 1 aromatic heterocycles. The summed E-state index contributed by atoms with van der Waals surface area (Å²) in [5.41, 5.74) is 8.83. The van der Waals surface area contributed by atoms with Gasteiger partial charge in [0.2, 0.25) is 0 Å². The van der Waals surface area contributed by atoms with Gasteiger partial charge in [-0.15, -0.1) is 0 Å². The second-order valence-corrected chi connectivity index (χ2v) is 8.30. The van der Waals surface area contributed by atoms with E-state index in [4.69, 9.17) is 4.98 Å². The summed E-state index contributed by atoms with van der Waals surface area (Å²) in [7, 11) is 0. The molecule has 5 rings (SSSR count). The van der Waals surface area contributed by atoms with Crippen LogP contribution in [0.2, 0.25) is 0 Å². The predicted molar refractivity (Wildman–Crippen MR) is 134 cm³/mol. The van der Waals surface area contributed by atoms with Crippen molar-refractivity contribution in [2.24, 2.45) is 0 Å². The summed E-state index contributed by atoms with van der Waals surface area (Å²) in [6.07, 6.45) is 0. The lowest BCUT2D eigenvalue weighted by Gasteiger charge is -2.18. The first-order valence-electron chi connectivity index (χ1n) is 10.3. The third-order valence-corrected chi connectivity index (χ3v) is 5.88. The standard InChI is InChI=1S/C29H20BrN/c30-25-18-16-22(17-19-25)27-20-26(21-10-4-1-5-11-21)28(23-12-6-2-7-13-23)29(31-27)24-14-8-3-9-15-24/h1-20H. The van der Waals surface area contributed by atoms with Gasteiger partial charge in [-0.25, -0.2) is 4.98 Å². The van der Waals surface area contributed by atoms with Gasteiger partial charge in [0.15, 0.2) is 0 Å². The molecule has 0 unspecified atom stereocenters. The molecule has 5 aromatic rings. The van der Waals surface area contributed by atoms with E-state index in [1.54, 1.807) is 0 Å². The fraction of sp³-hybridized carbons (Fsp3) is 0. The number of rotatable bonds is 4. The summed E-state index contributed by atoms with van der Waals surface area (Å²) in [5, 5.41) is 0. The van der Waals surface area contributed by atoms with E-state index in [0.717, 1.165) is 38.1 Å². The maximum atomic E-state index is 5.19. The molecule has 0 N–H and O–H groups in total. The third kappa shape index (κ3) is 4.08. The molecule has 0 saturated carbocycles. The van der Waals surface area contributed by atoms with Crippen molar-refractivity contribution >= 4 is 15.9 Å². The Kier molecular flexibility index (Phi) is 5.47. The summed E-state index contributed by atoms with van der Waals surface area (Å²) in [4.78, 5) is 5.19. The zero-order valence-corrected chi connectivity index (χ0v) is 18.5. The molecule has 1 nitrogen and oxygen atoms in total. The molecular weight excluding hydrogens is 442 g/mol. The second kappa shape index (κ2) is 8.71. The average Bonchev–Trinajstić information content (AvgIpc) is 2.85. The Morgan fingerprint density at radius 2 is 1.00 bits per heavy atom. The predicted octanol–water partition coefficient (Wildman–Crippen LogP) is 8.51. The monoisotopic (exact) mass is 461 g/mol. The van der Waals surface area contributed by atoms with Gasteiger partial charge in [-0.1, -0.05) is 119 Å². The first-order valence-corrected chi connectivity index (χ1v) is 11.1. The third-order valence-electron chi connectivity index (χ3n) is 5.35. The lowest BCUT2D eigenvalue weighted by molar-refractivity contribution is 1.32. The van der Waals surface area contributed by atoms with Gasteiger partial charge in [0, 0.05) is 21.2 Å². The molecule has 0 amide bonds. The topological polar surface area (TPSA) is 12.9 Å². The molecule has 0 spiro atoms. The molecule has 0 atom stereocenters. The van der Waals surface area contributed by atoms with E-state index in [9.17, 15) is 0 Å². The molecule has 1 heterocycles. The molecule has 0 aliphatic heterocycles. The van der Waals surface area contributed by atoms with Crippen LogP contribution in [0.25, 0.3) is 44.8 Å². The van der Waals surface area contributed by atoms with Gasteiger partial charge >= 0.3 is 0 Å². The van der Waals surface area contributed by atoms with Crippen molar-refractivity contribution in [1.82, 2.24) is 4.98 Å². The first kappa shape index (κ1) is 19.5. The van der Waals surface area contributed by atoms with Crippen LogP contribution in [0.15, 0.2) is 126 Å². The highest BCUT2D eigenvalue weighted by Crippen LogP contribution is 2.41.